The first-order valence-corrected chi connectivity index (χ1v) is 7.97. The van der Waals surface area contributed by atoms with E-state index < -0.39 is 0 Å². The Labute approximate surface area is 134 Å². The van der Waals surface area contributed by atoms with E-state index in [9.17, 15) is 9.18 Å². The van der Waals surface area contributed by atoms with E-state index in [4.69, 9.17) is 11.6 Å². The molecule has 0 spiro atoms. The molecule has 1 saturated heterocycles. The first kappa shape index (κ1) is 14.8. The average Bonchev–Trinajstić information content (AvgIpc) is 2.96. The number of hydrogen-bond donors (Lipinski definition) is 1. The van der Waals surface area contributed by atoms with E-state index in [0.29, 0.717) is 34.3 Å². The number of rotatable bonds is 3. The summed E-state index contributed by atoms with van der Waals surface area (Å²) >= 11 is 9.37. The van der Waals surface area contributed by atoms with Crippen molar-refractivity contribution in [2.45, 2.75) is 37.7 Å². The Bertz CT molecular complexity index is 716. The number of nitrogens with one attached hydrogen (secondary N) is 1. The zero-order valence-electron chi connectivity index (χ0n) is 11.4. The van der Waals surface area contributed by atoms with Gasteiger partial charge in [0.25, 0.3) is 0 Å². The highest BCUT2D eigenvalue weighted by Crippen LogP contribution is 2.29. The van der Waals surface area contributed by atoms with Crippen LogP contribution in [0.3, 0.4) is 0 Å². The minimum absolute atomic E-state index is 0.0378. The summed E-state index contributed by atoms with van der Waals surface area (Å²) in [7, 11) is 0. The molecule has 0 radical (unpaired) electrons. The van der Waals surface area contributed by atoms with E-state index in [0.717, 1.165) is 6.42 Å². The van der Waals surface area contributed by atoms with Gasteiger partial charge in [0.05, 0.1) is 20.9 Å². The normalized spacial score (nSPS) is 20.0. The molecule has 2 aromatic rings. The van der Waals surface area contributed by atoms with E-state index in [1.807, 2.05) is 11.5 Å². The van der Waals surface area contributed by atoms with Gasteiger partial charge in [-0.1, -0.05) is 0 Å². The molecule has 1 aromatic carbocycles. The number of hydrogen-bond acceptors (Lipinski definition) is 2. The van der Waals surface area contributed by atoms with Gasteiger partial charge < -0.3 is 9.88 Å². The van der Waals surface area contributed by atoms with Crippen molar-refractivity contribution >= 4 is 44.5 Å². The maximum Gasteiger partial charge on any atom is 0.220 e. The summed E-state index contributed by atoms with van der Waals surface area (Å²) < 4.78 is 16.1. The molecular weight excluding hydrogens is 361 g/mol. The van der Waals surface area contributed by atoms with Crippen LogP contribution in [-0.4, -0.2) is 21.5 Å². The second-order valence-electron chi connectivity index (χ2n) is 5.25. The van der Waals surface area contributed by atoms with E-state index in [2.05, 4.69) is 26.2 Å². The number of halogens is 3. The summed E-state index contributed by atoms with van der Waals surface area (Å²) in [6.07, 6.45) is 1.30. The third kappa shape index (κ3) is 2.79. The smallest absolute Gasteiger partial charge is 0.220 e. The zero-order valence-corrected chi connectivity index (χ0v) is 13.7. The van der Waals surface area contributed by atoms with Gasteiger partial charge in [-0.2, -0.15) is 0 Å². The van der Waals surface area contributed by atoms with Crippen molar-refractivity contribution < 1.29 is 9.18 Å². The number of alkyl halides is 1. The summed E-state index contributed by atoms with van der Waals surface area (Å²) in [4.78, 5) is 15.8. The van der Waals surface area contributed by atoms with Crippen LogP contribution in [0.2, 0.25) is 0 Å². The van der Waals surface area contributed by atoms with Crippen molar-refractivity contribution in [3.63, 3.8) is 0 Å². The van der Waals surface area contributed by atoms with Crippen LogP contribution >= 0.6 is 27.5 Å². The maximum atomic E-state index is 13.8. The second kappa shape index (κ2) is 5.57. The van der Waals surface area contributed by atoms with Gasteiger partial charge >= 0.3 is 0 Å². The standard InChI is InChI=1S/C14H14BrClFN3O/c1-7(16)14-19-11-4-9(15)10(17)5-12(11)20(14)6-8-2-3-13(21)18-8/h4-5,7-8H,2-3,6H2,1H3,(H,18,21). The lowest BCUT2D eigenvalue weighted by Crippen LogP contribution is -2.30. The Hall–Kier alpha value is -1.14. The lowest BCUT2D eigenvalue weighted by atomic mass is 10.2. The summed E-state index contributed by atoms with van der Waals surface area (Å²) in [5.41, 5.74) is 1.38. The summed E-state index contributed by atoms with van der Waals surface area (Å²) in [6, 6.07) is 3.14. The molecule has 4 nitrogen and oxygen atoms in total. The van der Waals surface area contributed by atoms with Gasteiger partial charge in [-0.3, -0.25) is 4.79 Å². The number of amides is 1. The van der Waals surface area contributed by atoms with Gasteiger partial charge in [-0.15, -0.1) is 11.6 Å². The molecule has 1 aromatic heterocycles. The number of aromatic nitrogens is 2. The number of benzene rings is 1. The Morgan fingerprint density at radius 2 is 2.38 bits per heavy atom. The van der Waals surface area contributed by atoms with Crippen molar-refractivity contribution in [2.75, 3.05) is 0 Å². The number of carbonyl (C=O) groups is 1. The monoisotopic (exact) mass is 373 g/mol. The van der Waals surface area contributed by atoms with Crippen LogP contribution in [0.15, 0.2) is 16.6 Å². The Morgan fingerprint density at radius 3 is 3.00 bits per heavy atom. The highest BCUT2D eigenvalue weighted by Gasteiger charge is 2.24. The van der Waals surface area contributed by atoms with Crippen molar-refractivity contribution in [3.8, 4) is 0 Å². The topological polar surface area (TPSA) is 46.9 Å². The molecule has 1 aliphatic heterocycles. The van der Waals surface area contributed by atoms with Crippen LogP contribution in [0.25, 0.3) is 11.0 Å². The summed E-state index contributed by atoms with van der Waals surface area (Å²) in [5.74, 6) is 0.400. The highest BCUT2D eigenvalue weighted by molar-refractivity contribution is 9.10. The van der Waals surface area contributed by atoms with Crippen LogP contribution in [0.5, 0.6) is 0 Å². The fourth-order valence-electron chi connectivity index (χ4n) is 2.67. The van der Waals surface area contributed by atoms with E-state index >= 15 is 0 Å². The van der Waals surface area contributed by atoms with Gasteiger partial charge in [0.15, 0.2) is 0 Å². The van der Waals surface area contributed by atoms with Crippen molar-refractivity contribution in [1.82, 2.24) is 14.9 Å². The second-order valence-corrected chi connectivity index (χ2v) is 6.76. The quantitative estimate of drug-likeness (QED) is 0.836. The van der Waals surface area contributed by atoms with Crippen molar-refractivity contribution in [3.05, 3.63) is 28.2 Å². The zero-order chi connectivity index (χ0) is 15.1. The number of fused-ring (bicyclic) bond motifs is 1. The number of carbonyl (C=O) groups excluding carboxylic acids is 1. The van der Waals surface area contributed by atoms with Crippen LogP contribution in [0.1, 0.15) is 31.0 Å². The molecule has 0 bridgehead atoms. The molecule has 2 unspecified atom stereocenters. The number of nitrogens with zero attached hydrogens (tertiary/aromatic N) is 2. The molecule has 2 atom stereocenters. The van der Waals surface area contributed by atoms with E-state index in [1.54, 1.807) is 6.07 Å². The Kier molecular flexibility index (Phi) is 3.92. The predicted octanol–water partition coefficient (Wildman–Crippen LogP) is 3.52. The van der Waals surface area contributed by atoms with Gasteiger partial charge in [0.2, 0.25) is 5.91 Å². The number of imidazole rings is 1. The van der Waals surface area contributed by atoms with E-state index in [1.165, 1.54) is 6.07 Å². The molecule has 1 N–H and O–H groups in total. The highest BCUT2D eigenvalue weighted by atomic mass is 79.9. The third-order valence-corrected chi connectivity index (χ3v) is 4.47. The fraction of sp³-hybridized carbons (Fsp3) is 0.429. The van der Waals surface area contributed by atoms with Gasteiger partial charge in [0, 0.05) is 25.1 Å². The lowest BCUT2D eigenvalue weighted by Gasteiger charge is -2.15. The van der Waals surface area contributed by atoms with Crippen molar-refractivity contribution in [1.29, 1.82) is 0 Å². The first-order valence-electron chi connectivity index (χ1n) is 6.74. The average molecular weight is 375 g/mol. The molecule has 3 rings (SSSR count). The molecule has 112 valence electrons. The lowest BCUT2D eigenvalue weighted by molar-refractivity contribution is -0.119. The minimum atomic E-state index is -0.340. The molecule has 0 saturated carbocycles. The molecule has 1 amide bonds. The molecular formula is C14H14BrClFN3O. The van der Waals surface area contributed by atoms with Crippen LogP contribution in [-0.2, 0) is 11.3 Å². The van der Waals surface area contributed by atoms with Gasteiger partial charge in [-0.05, 0) is 35.3 Å². The SMILES string of the molecule is CC(Cl)c1nc2cc(Br)c(F)cc2n1CC1CCC(=O)N1. The largest absolute Gasteiger partial charge is 0.352 e. The summed E-state index contributed by atoms with van der Waals surface area (Å²) in [6.45, 7) is 2.38. The molecule has 1 aliphatic rings. The van der Waals surface area contributed by atoms with Crippen LogP contribution in [0.4, 0.5) is 4.39 Å². The molecule has 21 heavy (non-hydrogen) atoms. The first-order chi connectivity index (χ1) is 9.95. The van der Waals surface area contributed by atoms with Gasteiger partial charge in [0.1, 0.15) is 11.6 Å². The van der Waals surface area contributed by atoms with Gasteiger partial charge in [-0.25, -0.2) is 9.37 Å². The molecule has 2 heterocycles. The van der Waals surface area contributed by atoms with E-state index in [-0.39, 0.29) is 23.1 Å². The Morgan fingerprint density at radius 1 is 1.62 bits per heavy atom. The molecule has 0 aliphatic carbocycles. The minimum Gasteiger partial charge on any atom is -0.352 e. The summed E-state index contributed by atoms with van der Waals surface area (Å²) in [5, 5.41) is 2.62. The van der Waals surface area contributed by atoms with Crippen LogP contribution < -0.4 is 5.32 Å². The maximum absolute atomic E-state index is 13.8. The van der Waals surface area contributed by atoms with Crippen molar-refractivity contribution in [2.24, 2.45) is 0 Å². The fourth-order valence-corrected chi connectivity index (χ4v) is 3.17. The third-order valence-electron chi connectivity index (χ3n) is 3.66. The molecule has 7 heteroatoms. The Balaban J connectivity index is 2.07. The predicted molar refractivity (Wildman–Crippen MR) is 82.8 cm³/mol. The van der Waals surface area contributed by atoms with Crippen LogP contribution in [0, 0.1) is 5.82 Å². The molecule has 1 fully saturated rings.